The molecule has 0 aromatic carbocycles. The molecule has 1 N–H and O–H groups in total. The van der Waals surface area contributed by atoms with Gasteiger partial charge in [-0.05, 0) is 19.3 Å². The van der Waals surface area contributed by atoms with E-state index in [-0.39, 0.29) is 10.6 Å². The number of nitrogens with zero attached hydrogens (tertiary/aromatic N) is 3. The molecule has 1 aromatic heterocycles. The Kier molecular flexibility index (Phi) is 4.68. The first-order valence-corrected chi connectivity index (χ1v) is 5.66. The normalized spacial score (nSPS) is 10.2. The summed E-state index contributed by atoms with van der Waals surface area (Å²) < 4.78 is 1.53. The summed E-state index contributed by atoms with van der Waals surface area (Å²) in [6.45, 7) is 6.17. The molecule has 0 aliphatic rings. The van der Waals surface area contributed by atoms with Gasteiger partial charge >= 0.3 is 5.69 Å². The van der Waals surface area contributed by atoms with Crippen molar-refractivity contribution in [2.24, 2.45) is 7.05 Å². The van der Waals surface area contributed by atoms with Gasteiger partial charge in [-0.2, -0.15) is 5.10 Å². The van der Waals surface area contributed by atoms with Gasteiger partial charge in [0.15, 0.2) is 0 Å². The third kappa shape index (κ3) is 3.05. The summed E-state index contributed by atoms with van der Waals surface area (Å²) in [5, 5.41) is 18.2. The SMILES string of the molecule is C=CCCCNc1c([N+](=O)[O-])c(CC)nn1C. The molecule has 0 fully saturated rings. The third-order valence-corrected chi connectivity index (χ3v) is 2.49. The van der Waals surface area contributed by atoms with Gasteiger partial charge in [-0.3, -0.25) is 10.1 Å². The number of allylic oxidation sites excluding steroid dienone is 1. The topological polar surface area (TPSA) is 73.0 Å². The molecule has 0 aliphatic heterocycles. The molecule has 0 aliphatic carbocycles. The lowest BCUT2D eigenvalue weighted by Crippen LogP contribution is -2.07. The largest absolute Gasteiger partial charge is 0.365 e. The zero-order valence-electron chi connectivity index (χ0n) is 10.3. The Morgan fingerprint density at radius 3 is 2.88 bits per heavy atom. The maximum atomic E-state index is 11.0. The van der Waals surface area contributed by atoms with Crippen molar-refractivity contribution in [2.45, 2.75) is 26.2 Å². The van der Waals surface area contributed by atoms with E-state index in [2.05, 4.69) is 17.0 Å². The van der Waals surface area contributed by atoms with E-state index in [1.807, 2.05) is 13.0 Å². The molecule has 0 unspecified atom stereocenters. The number of unbranched alkanes of at least 4 members (excludes halogenated alkanes) is 1. The Morgan fingerprint density at radius 2 is 2.35 bits per heavy atom. The van der Waals surface area contributed by atoms with E-state index in [0.29, 0.717) is 24.5 Å². The molecule has 0 radical (unpaired) electrons. The van der Waals surface area contributed by atoms with E-state index in [1.54, 1.807) is 7.05 Å². The first-order chi connectivity index (χ1) is 8.11. The molecule has 1 rings (SSSR count). The van der Waals surface area contributed by atoms with Crippen LogP contribution in [0.3, 0.4) is 0 Å². The van der Waals surface area contributed by atoms with Crippen molar-refractivity contribution in [3.8, 4) is 0 Å². The Morgan fingerprint density at radius 1 is 1.65 bits per heavy atom. The van der Waals surface area contributed by atoms with E-state index in [4.69, 9.17) is 0 Å². The number of hydrogen-bond donors (Lipinski definition) is 1. The number of nitrogens with one attached hydrogen (secondary N) is 1. The first kappa shape index (κ1) is 13.2. The van der Waals surface area contributed by atoms with E-state index < -0.39 is 0 Å². The van der Waals surface area contributed by atoms with Crippen molar-refractivity contribution in [3.63, 3.8) is 0 Å². The van der Waals surface area contributed by atoms with Crippen LogP contribution in [0.25, 0.3) is 0 Å². The maximum Gasteiger partial charge on any atom is 0.333 e. The van der Waals surface area contributed by atoms with Gasteiger partial charge in [-0.25, -0.2) is 4.68 Å². The Hall–Kier alpha value is -1.85. The zero-order valence-corrected chi connectivity index (χ0v) is 10.3. The Bertz CT molecular complexity index is 412. The van der Waals surface area contributed by atoms with Crippen molar-refractivity contribution < 1.29 is 4.92 Å². The van der Waals surface area contributed by atoms with Crippen LogP contribution in [-0.4, -0.2) is 21.2 Å². The predicted molar refractivity (Wildman–Crippen MR) is 67.2 cm³/mol. The fourth-order valence-corrected chi connectivity index (χ4v) is 1.65. The van der Waals surface area contributed by atoms with Crippen molar-refractivity contribution in [3.05, 3.63) is 28.5 Å². The lowest BCUT2D eigenvalue weighted by Gasteiger charge is -2.04. The smallest absolute Gasteiger partial charge is 0.333 e. The summed E-state index contributed by atoms with van der Waals surface area (Å²) >= 11 is 0. The number of aromatic nitrogens is 2. The van der Waals surface area contributed by atoms with Crippen molar-refractivity contribution in [1.82, 2.24) is 9.78 Å². The average molecular weight is 238 g/mol. The highest BCUT2D eigenvalue weighted by atomic mass is 16.6. The highest BCUT2D eigenvalue weighted by Crippen LogP contribution is 2.28. The second-order valence-corrected chi connectivity index (χ2v) is 3.74. The number of rotatable bonds is 7. The van der Waals surface area contributed by atoms with Crippen LogP contribution >= 0.6 is 0 Å². The van der Waals surface area contributed by atoms with E-state index in [0.717, 1.165) is 12.8 Å². The van der Waals surface area contributed by atoms with Crippen LogP contribution in [0.4, 0.5) is 11.5 Å². The van der Waals surface area contributed by atoms with Crippen molar-refractivity contribution >= 4 is 11.5 Å². The molecular weight excluding hydrogens is 220 g/mol. The summed E-state index contributed by atoms with van der Waals surface area (Å²) in [4.78, 5) is 10.6. The molecule has 1 heterocycles. The number of anilines is 1. The number of aryl methyl sites for hydroxylation is 2. The molecule has 6 nitrogen and oxygen atoms in total. The fourth-order valence-electron chi connectivity index (χ4n) is 1.65. The first-order valence-electron chi connectivity index (χ1n) is 5.66. The Balaban J connectivity index is 2.85. The summed E-state index contributed by atoms with van der Waals surface area (Å²) in [5.74, 6) is 0.482. The lowest BCUT2D eigenvalue weighted by molar-refractivity contribution is -0.384. The predicted octanol–water partition coefficient (Wildman–Crippen LogP) is 2.27. The molecule has 0 atom stereocenters. The molecule has 0 saturated carbocycles. The van der Waals surface area contributed by atoms with Crippen LogP contribution in [0.1, 0.15) is 25.5 Å². The van der Waals surface area contributed by atoms with Crippen LogP contribution in [0.2, 0.25) is 0 Å². The van der Waals surface area contributed by atoms with Crippen molar-refractivity contribution in [2.75, 3.05) is 11.9 Å². The minimum absolute atomic E-state index is 0.0913. The van der Waals surface area contributed by atoms with Gasteiger partial charge in [-0.15, -0.1) is 6.58 Å². The standard InChI is InChI=1S/C11H18N4O2/c1-4-6-7-8-12-11-10(15(16)17)9(5-2)13-14(11)3/h4,12H,1,5-8H2,2-3H3. The van der Waals surface area contributed by atoms with Gasteiger partial charge in [0.25, 0.3) is 0 Å². The highest BCUT2D eigenvalue weighted by Gasteiger charge is 2.24. The number of nitro groups is 1. The van der Waals surface area contributed by atoms with Gasteiger partial charge in [0.1, 0.15) is 5.69 Å². The monoisotopic (exact) mass is 238 g/mol. The average Bonchev–Trinajstić information content (AvgIpc) is 2.61. The Labute approximate surface area is 100 Å². The summed E-state index contributed by atoms with van der Waals surface area (Å²) in [5.41, 5.74) is 0.609. The van der Waals surface area contributed by atoms with Crippen LogP contribution < -0.4 is 5.32 Å². The zero-order chi connectivity index (χ0) is 12.8. The molecule has 0 saturated heterocycles. The quantitative estimate of drug-likeness (QED) is 0.342. The second-order valence-electron chi connectivity index (χ2n) is 3.74. The van der Waals surface area contributed by atoms with Crippen LogP contribution in [0.5, 0.6) is 0 Å². The van der Waals surface area contributed by atoms with Crippen LogP contribution in [0, 0.1) is 10.1 Å². The summed E-state index contributed by atoms with van der Waals surface area (Å²) in [6.07, 6.45) is 4.17. The van der Waals surface area contributed by atoms with E-state index in [9.17, 15) is 10.1 Å². The summed E-state index contributed by atoms with van der Waals surface area (Å²) in [7, 11) is 1.71. The van der Waals surface area contributed by atoms with E-state index >= 15 is 0 Å². The van der Waals surface area contributed by atoms with Crippen molar-refractivity contribution in [1.29, 1.82) is 0 Å². The van der Waals surface area contributed by atoms with Gasteiger partial charge in [0.2, 0.25) is 5.82 Å². The molecular formula is C11H18N4O2. The van der Waals surface area contributed by atoms with Gasteiger partial charge in [-0.1, -0.05) is 13.0 Å². The molecule has 0 bridgehead atoms. The van der Waals surface area contributed by atoms with Crippen LogP contribution in [0.15, 0.2) is 12.7 Å². The molecule has 94 valence electrons. The molecule has 6 heteroatoms. The third-order valence-electron chi connectivity index (χ3n) is 2.49. The number of hydrogen-bond acceptors (Lipinski definition) is 4. The second kappa shape index (κ2) is 6.03. The summed E-state index contributed by atoms with van der Waals surface area (Å²) in [6, 6.07) is 0. The molecule has 17 heavy (non-hydrogen) atoms. The molecule has 1 aromatic rings. The van der Waals surface area contributed by atoms with Gasteiger partial charge < -0.3 is 5.32 Å². The minimum Gasteiger partial charge on any atom is -0.365 e. The molecule has 0 spiro atoms. The molecule has 0 amide bonds. The maximum absolute atomic E-state index is 11.0. The van der Waals surface area contributed by atoms with Crippen LogP contribution in [-0.2, 0) is 13.5 Å². The minimum atomic E-state index is -0.373. The van der Waals surface area contributed by atoms with E-state index in [1.165, 1.54) is 4.68 Å². The van der Waals surface area contributed by atoms with Gasteiger partial charge in [0.05, 0.1) is 4.92 Å². The van der Waals surface area contributed by atoms with Gasteiger partial charge in [0, 0.05) is 13.6 Å². The lowest BCUT2D eigenvalue weighted by atomic mass is 10.3. The fraction of sp³-hybridized carbons (Fsp3) is 0.545. The highest BCUT2D eigenvalue weighted by molar-refractivity contribution is 5.59.